The third-order valence-corrected chi connectivity index (χ3v) is 4.09. The normalized spacial score (nSPS) is 12.5. The van der Waals surface area contributed by atoms with Crippen LogP contribution in [0.15, 0.2) is 18.2 Å². The number of para-hydroxylation sites is 1. The molecule has 0 radical (unpaired) electrons. The number of hydrogen-bond acceptors (Lipinski definition) is 3. The summed E-state index contributed by atoms with van der Waals surface area (Å²) in [5.41, 5.74) is 3.17. The first-order valence-electron chi connectivity index (χ1n) is 6.57. The van der Waals surface area contributed by atoms with E-state index in [9.17, 15) is 4.79 Å². The summed E-state index contributed by atoms with van der Waals surface area (Å²) in [7, 11) is 0. The molecular formula is C15H23NO2S. The zero-order valence-corrected chi connectivity index (χ0v) is 12.9. The zero-order chi connectivity index (χ0) is 14.4. The van der Waals surface area contributed by atoms with Crippen LogP contribution in [0, 0.1) is 6.92 Å². The molecule has 1 aromatic carbocycles. The van der Waals surface area contributed by atoms with Crippen LogP contribution in [0.25, 0.3) is 0 Å². The number of benzene rings is 1. The van der Waals surface area contributed by atoms with Crippen molar-refractivity contribution in [1.29, 1.82) is 0 Å². The van der Waals surface area contributed by atoms with Gasteiger partial charge in [0.05, 0.1) is 12.4 Å². The molecule has 0 aliphatic carbocycles. The van der Waals surface area contributed by atoms with Crippen molar-refractivity contribution in [3.63, 3.8) is 0 Å². The second-order valence-corrected chi connectivity index (χ2v) is 6.47. The van der Waals surface area contributed by atoms with E-state index < -0.39 is 0 Å². The molecule has 1 rings (SSSR count). The number of rotatable bonds is 6. The first kappa shape index (κ1) is 16.1. The second kappa shape index (κ2) is 7.56. The number of hydrogen-bond donors (Lipinski definition) is 2. The molecule has 0 aromatic heterocycles. The van der Waals surface area contributed by atoms with Gasteiger partial charge in [0.1, 0.15) is 0 Å². The Bertz CT molecular complexity index is 432. The summed E-state index contributed by atoms with van der Waals surface area (Å²) < 4.78 is 0. The van der Waals surface area contributed by atoms with Crippen LogP contribution in [0.3, 0.4) is 0 Å². The van der Waals surface area contributed by atoms with E-state index in [0.29, 0.717) is 11.7 Å². The van der Waals surface area contributed by atoms with Crippen LogP contribution >= 0.6 is 11.8 Å². The first-order valence-corrected chi connectivity index (χ1v) is 7.62. The van der Waals surface area contributed by atoms with Gasteiger partial charge in [0, 0.05) is 10.9 Å². The lowest BCUT2D eigenvalue weighted by molar-refractivity contribution is -0.113. The molecule has 1 atom stereocenters. The van der Waals surface area contributed by atoms with Gasteiger partial charge in [0.15, 0.2) is 0 Å². The van der Waals surface area contributed by atoms with E-state index in [1.807, 2.05) is 26.0 Å². The van der Waals surface area contributed by atoms with Gasteiger partial charge in [-0.1, -0.05) is 39.0 Å². The average Bonchev–Trinajstić information content (AvgIpc) is 2.38. The number of thioether (sulfide) groups is 1. The number of anilines is 1. The van der Waals surface area contributed by atoms with Crippen LogP contribution in [0.1, 0.15) is 37.8 Å². The Hall–Kier alpha value is -1.000. The molecule has 4 heteroatoms. The number of aliphatic hydroxyl groups is 1. The summed E-state index contributed by atoms with van der Waals surface area (Å²) in [6.07, 6.45) is 0. The van der Waals surface area contributed by atoms with Crippen molar-refractivity contribution >= 4 is 23.4 Å². The topological polar surface area (TPSA) is 49.3 Å². The van der Waals surface area contributed by atoms with Crippen LogP contribution in [-0.2, 0) is 4.79 Å². The summed E-state index contributed by atoms with van der Waals surface area (Å²) in [6, 6.07) is 6.07. The molecule has 0 spiro atoms. The molecule has 1 amide bonds. The smallest absolute Gasteiger partial charge is 0.234 e. The lowest BCUT2D eigenvalue weighted by atomic mass is 9.98. The molecule has 0 aliphatic heterocycles. The van der Waals surface area contributed by atoms with E-state index >= 15 is 0 Å². The molecule has 1 aromatic rings. The van der Waals surface area contributed by atoms with Gasteiger partial charge in [0.25, 0.3) is 0 Å². The van der Waals surface area contributed by atoms with Gasteiger partial charge < -0.3 is 10.4 Å². The van der Waals surface area contributed by atoms with Crippen molar-refractivity contribution < 1.29 is 9.90 Å². The van der Waals surface area contributed by atoms with Gasteiger partial charge in [-0.3, -0.25) is 4.79 Å². The summed E-state index contributed by atoms with van der Waals surface area (Å²) in [6.45, 7) is 8.25. The molecular weight excluding hydrogens is 258 g/mol. The van der Waals surface area contributed by atoms with E-state index in [1.165, 1.54) is 11.8 Å². The number of nitrogens with one attached hydrogen (secondary N) is 1. The largest absolute Gasteiger partial charge is 0.395 e. The average molecular weight is 281 g/mol. The summed E-state index contributed by atoms with van der Waals surface area (Å²) >= 11 is 1.46. The van der Waals surface area contributed by atoms with Crippen molar-refractivity contribution in [1.82, 2.24) is 0 Å². The van der Waals surface area contributed by atoms with Gasteiger partial charge in [-0.05, 0) is 24.0 Å². The molecule has 0 fully saturated rings. The predicted molar refractivity (Wildman–Crippen MR) is 82.9 cm³/mol. The van der Waals surface area contributed by atoms with E-state index in [-0.39, 0.29) is 17.8 Å². The summed E-state index contributed by atoms with van der Waals surface area (Å²) in [4.78, 5) is 11.9. The molecule has 2 N–H and O–H groups in total. The van der Waals surface area contributed by atoms with Crippen LogP contribution in [-0.4, -0.2) is 28.6 Å². The SMILES string of the molecule is Cc1cccc(C(C)C)c1NC(=O)CS[C@H](C)CO. The Morgan fingerprint density at radius 2 is 2.05 bits per heavy atom. The monoisotopic (exact) mass is 281 g/mol. The van der Waals surface area contributed by atoms with E-state index in [2.05, 4.69) is 25.2 Å². The van der Waals surface area contributed by atoms with Crippen molar-refractivity contribution in [2.45, 2.75) is 38.9 Å². The van der Waals surface area contributed by atoms with Crippen LogP contribution in [0.4, 0.5) is 5.69 Å². The van der Waals surface area contributed by atoms with Crippen LogP contribution in [0.5, 0.6) is 0 Å². The fourth-order valence-corrected chi connectivity index (χ4v) is 2.40. The molecule has 19 heavy (non-hydrogen) atoms. The molecule has 0 saturated carbocycles. The van der Waals surface area contributed by atoms with Gasteiger partial charge >= 0.3 is 0 Å². The van der Waals surface area contributed by atoms with Crippen molar-refractivity contribution in [2.24, 2.45) is 0 Å². The quantitative estimate of drug-likeness (QED) is 0.842. The van der Waals surface area contributed by atoms with Crippen molar-refractivity contribution in [2.75, 3.05) is 17.7 Å². The Morgan fingerprint density at radius 3 is 2.63 bits per heavy atom. The number of aliphatic hydroxyl groups excluding tert-OH is 1. The number of aryl methyl sites for hydroxylation is 1. The Balaban J connectivity index is 2.73. The molecule has 0 aliphatic rings. The highest BCUT2D eigenvalue weighted by atomic mass is 32.2. The van der Waals surface area contributed by atoms with Gasteiger partial charge in [0.2, 0.25) is 5.91 Å². The highest BCUT2D eigenvalue weighted by Gasteiger charge is 2.12. The maximum absolute atomic E-state index is 11.9. The van der Waals surface area contributed by atoms with Crippen LogP contribution < -0.4 is 5.32 Å². The van der Waals surface area contributed by atoms with Crippen molar-refractivity contribution in [3.8, 4) is 0 Å². The first-order chi connectivity index (χ1) is 8.95. The summed E-state index contributed by atoms with van der Waals surface area (Å²) in [5.74, 6) is 0.730. The van der Waals surface area contributed by atoms with Crippen LogP contribution in [0.2, 0.25) is 0 Å². The molecule has 3 nitrogen and oxygen atoms in total. The van der Waals surface area contributed by atoms with E-state index in [4.69, 9.17) is 5.11 Å². The highest BCUT2D eigenvalue weighted by molar-refractivity contribution is 8.00. The Labute approximate surface area is 119 Å². The lowest BCUT2D eigenvalue weighted by Crippen LogP contribution is -2.18. The molecule has 0 heterocycles. The third-order valence-electron chi connectivity index (χ3n) is 2.95. The standard InChI is InChI=1S/C15H23NO2S/c1-10(2)13-7-5-6-11(3)15(13)16-14(18)9-19-12(4)8-17/h5-7,10,12,17H,8-9H2,1-4H3,(H,16,18)/t12-/m1/s1. The van der Waals surface area contributed by atoms with Crippen molar-refractivity contribution in [3.05, 3.63) is 29.3 Å². The van der Waals surface area contributed by atoms with Gasteiger partial charge in [-0.15, -0.1) is 11.8 Å². The maximum atomic E-state index is 11.9. The maximum Gasteiger partial charge on any atom is 0.234 e. The molecule has 0 bridgehead atoms. The minimum absolute atomic E-state index is 0.0125. The van der Waals surface area contributed by atoms with E-state index in [0.717, 1.165) is 16.8 Å². The predicted octanol–water partition coefficient (Wildman–Crippen LogP) is 3.17. The Morgan fingerprint density at radius 1 is 1.37 bits per heavy atom. The Kier molecular flexibility index (Phi) is 6.38. The number of carbonyl (C=O) groups excluding carboxylic acids is 1. The fourth-order valence-electron chi connectivity index (χ4n) is 1.79. The lowest BCUT2D eigenvalue weighted by Gasteiger charge is -2.16. The minimum Gasteiger partial charge on any atom is -0.395 e. The molecule has 0 saturated heterocycles. The third kappa shape index (κ3) is 4.88. The highest BCUT2D eigenvalue weighted by Crippen LogP contribution is 2.27. The summed E-state index contributed by atoms with van der Waals surface area (Å²) in [5, 5.41) is 12.0. The minimum atomic E-state index is -0.0125. The second-order valence-electron chi connectivity index (χ2n) is 5.05. The molecule has 0 unspecified atom stereocenters. The van der Waals surface area contributed by atoms with Gasteiger partial charge in [-0.25, -0.2) is 0 Å². The number of amides is 1. The number of carbonyl (C=O) groups is 1. The fraction of sp³-hybridized carbons (Fsp3) is 0.533. The molecule has 106 valence electrons. The zero-order valence-electron chi connectivity index (χ0n) is 12.1. The van der Waals surface area contributed by atoms with Gasteiger partial charge in [-0.2, -0.15) is 0 Å². The van der Waals surface area contributed by atoms with E-state index in [1.54, 1.807) is 0 Å².